The number of thiazole rings is 1. The zero-order valence-corrected chi connectivity index (χ0v) is 19.6. The maximum atomic E-state index is 13.1. The van der Waals surface area contributed by atoms with Gasteiger partial charge in [0.25, 0.3) is 5.91 Å². The van der Waals surface area contributed by atoms with E-state index < -0.39 is 0 Å². The van der Waals surface area contributed by atoms with Crippen molar-refractivity contribution in [3.63, 3.8) is 0 Å². The quantitative estimate of drug-likeness (QED) is 0.546. The first-order valence-electron chi connectivity index (χ1n) is 10.9. The molecule has 0 unspecified atom stereocenters. The van der Waals surface area contributed by atoms with Crippen molar-refractivity contribution in [3.8, 4) is 17.0 Å². The average Bonchev–Trinajstić information content (AvgIpc) is 3.31. The summed E-state index contributed by atoms with van der Waals surface area (Å²) in [6, 6.07) is 13.5. The number of rotatable bonds is 7. The molecule has 0 bridgehead atoms. The lowest BCUT2D eigenvalue weighted by Crippen LogP contribution is -2.36. The van der Waals surface area contributed by atoms with Gasteiger partial charge in [-0.2, -0.15) is 0 Å². The van der Waals surface area contributed by atoms with Crippen LogP contribution in [0, 0.1) is 0 Å². The fourth-order valence-corrected chi connectivity index (χ4v) is 4.50. The number of carbonyl (C=O) groups excluding carboxylic acids is 1. The van der Waals surface area contributed by atoms with E-state index >= 15 is 0 Å². The fraction of sp³-hybridized carbons (Fsp3) is 0.360. The fourth-order valence-electron chi connectivity index (χ4n) is 3.66. The summed E-state index contributed by atoms with van der Waals surface area (Å²) in [5, 5.41) is 6.25. The standard InChI is InChI=1S/C25H29N3O3S/c1-17(2)25-27-23(16-32-25)18-4-6-20(7-5-18)26-24(29)22-9-8-21(30-3)14-19(22)15-28-10-12-31-13-11-28/h4-9,14,16-17H,10-13,15H2,1-3H3,(H,26,29). The molecule has 1 N–H and O–H groups in total. The topological polar surface area (TPSA) is 63.7 Å². The molecule has 7 heteroatoms. The molecular formula is C25H29N3O3S. The Labute approximate surface area is 193 Å². The first-order chi connectivity index (χ1) is 15.5. The van der Waals surface area contributed by atoms with Crippen LogP contribution in [0.25, 0.3) is 11.3 Å². The van der Waals surface area contributed by atoms with Gasteiger partial charge in [-0.15, -0.1) is 11.3 Å². The predicted molar refractivity (Wildman–Crippen MR) is 129 cm³/mol. The molecular weight excluding hydrogens is 422 g/mol. The molecule has 32 heavy (non-hydrogen) atoms. The molecule has 3 aromatic rings. The van der Waals surface area contributed by atoms with E-state index in [-0.39, 0.29) is 5.91 Å². The number of carbonyl (C=O) groups is 1. The molecule has 2 aromatic carbocycles. The third kappa shape index (κ3) is 5.35. The molecule has 0 aliphatic carbocycles. The van der Waals surface area contributed by atoms with Crippen molar-refractivity contribution in [2.45, 2.75) is 26.3 Å². The number of nitrogens with one attached hydrogen (secondary N) is 1. The van der Waals surface area contributed by atoms with E-state index in [9.17, 15) is 4.79 Å². The number of amides is 1. The molecule has 1 aromatic heterocycles. The lowest BCUT2D eigenvalue weighted by Gasteiger charge is -2.27. The Balaban J connectivity index is 1.49. The summed E-state index contributed by atoms with van der Waals surface area (Å²) >= 11 is 1.68. The largest absolute Gasteiger partial charge is 0.497 e. The summed E-state index contributed by atoms with van der Waals surface area (Å²) < 4.78 is 10.8. The molecule has 0 radical (unpaired) electrons. The van der Waals surface area contributed by atoms with Crippen LogP contribution < -0.4 is 10.1 Å². The minimum Gasteiger partial charge on any atom is -0.497 e. The smallest absolute Gasteiger partial charge is 0.255 e. The van der Waals surface area contributed by atoms with E-state index in [1.807, 2.05) is 42.5 Å². The normalized spacial score (nSPS) is 14.5. The highest BCUT2D eigenvalue weighted by Crippen LogP contribution is 2.27. The van der Waals surface area contributed by atoms with Crippen LogP contribution >= 0.6 is 11.3 Å². The third-order valence-corrected chi connectivity index (χ3v) is 6.65. The SMILES string of the molecule is COc1ccc(C(=O)Nc2ccc(-c3csc(C(C)C)n3)cc2)c(CN2CCOCC2)c1. The second-order valence-corrected chi connectivity index (χ2v) is 9.06. The van der Waals surface area contributed by atoms with Crippen LogP contribution in [0.4, 0.5) is 5.69 Å². The molecule has 1 saturated heterocycles. The molecule has 0 atom stereocenters. The van der Waals surface area contributed by atoms with Gasteiger partial charge in [0.05, 0.1) is 31.0 Å². The van der Waals surface area contributed by atoms with Gasteiger partial charge in [0.15, 0.2) is 0 Å². The molecule has 4 rings (SSSR count). The van der Waals surface area contributed by atoms with Gasteiger partial charge in [0, 0.05) is 47.7 Å². The lowest BCUT2D eigenvalue weighted by atomic mass is 10.0. The number of hydrogen-bond acceptors (Lipinski definition) is 6. The van der Waals surface area contributed by atoms with E-state index in [4.69, 9.17) is 14.5 Å². The van der Waals surface area contributed by atoms with Crippen LogP contribution in [0.15, 0.2) is 47.8 Å². The summed E-state index contributed by atoms with van der Waals surface area (Å²) in [5.41, 5.74) is 4.38. The molecule has 1 aliphatic heterocycles. The van der Waals surface area contributed by atoms with Crippen LogP contribution in [0.3, 0.4) is 0 Å². The Morgan fingerprint density at radius 2 is 1.94 bits per heavy atom. The van der Waals surface area contributed by atoms with Gasteiger partial charge in [-0.25, -0.2) is 4.98 Å². The Morgan fingerprint density at radius 3 is 2.59 bits per heavy atom. The van der Waals surface area contributed by atoms with Gasteiger partial charge in [0.1, 0.15) is 5.75 Å². The number of morpholine rings is 1. The maximum absolute atomic E-state index is 13.1. The van der Waals surface area contributed by atoms with Crippen molar-refractivity contribution in [1.29, 1.82) is 0 Å². The minimum atomic E-state index is -0.126. The summed E-state index contributed by atoms with van der Waals surface area (Å²) in [7, 11) is 1.64. The monoisotopic (exact) mass is 451 g/mol. The molecule has 0 spiro atoms. The predicted octanol–water partition coefficient (Wildman–Crippen LogP) is 5.03. The highest BCUT2D eigenvalue weighted by Gasteiger charge is 2.18. The first-order valence-corrected chi connectivity index (χ1v) is 11.8. The van der Waals surface area contributed by atoms with Gasteiger partial charge in [-0.1, -0.05) is 26.0 Å². The van der Waals surface area contributed by atoms with Gasteiger partial charge >= 0.3 is 0 Å². The summed E-state index contributed by atoms with van der Waals surface area (Å²) in [4.78, 5) is 20.1. The molecule has 1 fully saturated rings. The number of aromatic nitrogens is 1. The molecule has 168 valence electrons. The second kappa shape index (κ2) is 10.3. The van der Waals surface area contributed by atoms with Crippen molar-refractivity contribution in [2.24, 2.45) is 0 Å². The maximum Gasteiger partial charge on any atom is 0.255 e. The Kier molecular flexibility index (Phi) is 7.19. The Morgan fingerprint density at radius 1 is 1.19 bits per heavy atom. The van der Waals surface area contributed by atoms with E-state index in [0.717, 1.165) is 59.6 Å². The zero-order valence-electron chi connectivity index (χ0n) is 18.8. The molecule has 1 aliphatic rings. The van der Waals surface area contributed by atoms with Gasteiger partial charge in [-0.05, 0) is 35.9 Å². The highest BCUT2D eigenvalue weighted by molar-refractivity contribution is 7.10. The van der Waals surface area contributed by atoms with Gasteiger partial charge < -0.3 is 14.8 Å². The first kappa shape index (κ1) is 22.5. The number of anilines is 1. The number of ether oxygens (including phenoxy) is 2. The average molecular weight is 452 g/mol. The van der Waals surface area contributed by atoms with Crippen LogP contribution in [0.2, 0.25) is 0 Å². The van der Waals surface area contributed by atoms with E-state index in [0.29, 0.717) is 18.0 Å². The van der Waals surface area contributed by atoms with Crippen molar-refractivity contribution in [3.05, 3.63) is 64.0 Å². The number of benzene rings is 2. The van der Waals surface area contributed by atoms with E-state index in [1.165, 1.54) is 0 Å². The summed E-state index contributed by atoms with van der Waals surface area (Å²) in [6.45, 7) is 8.13. The number of hydrogen-bond donors (Lipinski definition) is 1. The molecule has 1 amide bonds. The number of nitrogens with zero attached hydrogens (tertiary/aromatic N) is 2. The molecule has 2 heterocycles. The van der Waals surface area contributed by atoms with Gasteiger partial charge in [0.2, 0.25) is 0 Å². The highest BCUT2D eigenvalue weighted by atomic mass is 32.1. The van der Waals surface area contributed by atoms with Crippen LogP contribution in [0.5, 0.6) is 5.75 Å². The van der Waals surface area contributed by atoms with Crippen molar-refractivity contribution >= 4 is 22.9 Å². The minimum absolute atomic E-state index is 0.126. The third-order valence-electron chi connectivity index (χ3n) is 5.51. The van der Waals surface area contributed by atoms with E-state index in [2.05, 4.69) is 29.4 Å². The van der Waals surface area contributed by atoms with Crippen molar-refractivity contribution < 1.29 is 14.3 Å². The van der Waals surface area contributed by atoms with E-state index in [1.54, 1.807) is 18.4 Å². The molecule has 0 saturated carbocycles. The van der Waals surface area contributed by atoms with Crippen molar-refractivity contribution in [2.75, 3.05) is 38.7 Å². The number of methoxy groups -OCH3 is 1. The lowest BCUT2D eigenvalue weighted by molar-refractivity contribution is 0.0341. The second-order valence-electron chi connectivity index (χ2n) is 8.17. The Bertz CT molecular complexity index is 1060. The van der Waals surface area contributed by atoms with Crippen LogP contribution in [-0.2, 0) is 11.3 Å². The Hall–Kier alpha value is -2.74. The summed E-state index contributed by atoms with van der Waals surface area (Å²) in [5.74, 6) is 1.04. The van der Waals surface area contributed by atoms with Gasteiger partial charge in [-0.3, -0.25) is 9.69 Å². The zero-order chi connectivity index (χ0) is 22.5. The van der Waals surface area contributed by atoms with Crippen LogP contribution in [0.1, 0.15) is 40.7 Å². The molecule has 6 nitrogen and oxygen atoms in total. The van der Waals surface area contributed by atoms with Crippen molar-refractivity contribution in [1.82, 2.24) is 9.88 Å². The summed E-state index contributed by atoms with van der Waals surface area (Å²) in [6.07, 6.45) is 0. The van der Waals surface area contributed by atoms with Crippen LogP contribution in [-0.4, -0.2) is 49.2 Å².